The monoisotopic (exact) mass is 588 g/mol. The van der Waals surface area contributed by atoms with Crippen LogP contribution in [0.25, 0.3) is 5.82 Å². The van der Waals surface area contributed by atoms with Gasteiger partial charge in [0.15, 0.2) is 11.5 Å². The summed E-state index contributed by atoms with van der Waals surface area (Å²) in [6.07, 6.45) is -1.23. The number of anilines is 1. The Morgan fingerprint density at radius 2 is 1.89 bits per heavy atom. The number of nitrogens with two attached hydrogens (primary N) is 1. The Hall–Kier alpha value is -3.13. The molecule has 0 bridgehead atoms. The largest absolute Gasteiger partial charge is 0.435 e. The second-order valence-electron chi connectivity index (χ2n) is 8.93. The molecule has 1 unspecified atom stereocenters. The van der Waals surface area contributed by atoms with Crippen LogP contribution in [0.5, 0.6) is 0 Å². The van der Waals surface area contributed by atoms with E-state index in [0.717, 1.165) is 0 Å². The summed E-state index contributed by atoms with van der Waals surface area (Å²) in [6.45, 7) is 1.56. The molecule has 1 fully saturated rings. The number of amides is 2. The molecule has 1 atom stereocenters. The van der Waals surface area contributed by atoms with Crippen molar-refractivity contribution >= 4 is 55.8 Å². The molecule has 1 aliphatic carbocycles. The number of halogens is 5. The maximum Gasteiger partial charge on any atom is 0.435 e. The molecule has 9 nitrogen and oxygen atoms in total. The summed E-state index contributed by atoms with van der Waals surface area (Å²) < 4.78 is 53.2. The van der Waals surface area contributed by atoms with Crippen LogP contribution in [0, 0.1) is 6.92 Å². The SMILES string of the molecule is Cc1cc(Cl)cc(C(=O)NC2(C=S(C)(N)=O)CC2)c1NC(=O)c1cc(C(F)(F)F)nn1-c1ncccc1Cl. The minimum Gasteiger partial charge on any atom is -0.342 e. The van der Waals surface area contributed by atoms with Crippen molar-refractivity contribution in [2.45, 2.75) is 31.5 Å². The van der Waals surface area contributed by atoms with Crippen molar-refractivity contribution in [1.82, 2.24) is 20.1 Å². The maximum absolute atomic E-state index is 13.5. The summed E-state index contributed by atoms with van der Waals surface area (Å²) in [6, 6.07) is 6.17. The van der Waals surface area contributed by atoms with Crippen LogP contribution in [0.1, 0.15) is 44.9 Å². The summed E-state index contributed by atoms with van der Waals surface area (Å²) >= 11 is 12.3. The van der Waals surface area contributed by atoms with Crippen molar-refractivity contribution < 1.29 is 27.0 Å². The lowest BCUT2D eigenvalue weighted by Gasteiger charge is -2.18. The molecule has 4 rings (SSSR count). The molecule has 3 aromatic rings. The number of alkyl halides is 3. The Morgan fingerprint density at radius 1 is 1.21 bits per heavy atom. The zero-order valence-corrected chi connectivity index (χ0v) is 22.2. The number of nitrogens with zero attached hydrogens (tertiary/aromatic N) is 3. The van der Waals surface area contributed by atoms with Crippen molar-refractivity contribution in [2.75, 3.05) is 11.6 Å². The van der Waals surface area contributed by atoms with Gasteiger partial charge in [-0.1, -0.05) is 23.2 Å². The van der Waals surface area contributed by atoms with Crippen molar-refractivity contribution in [1.29, 1.82) is 0 Å². The zero-order valence-electron chi connectivity index (χ0n) is 19.9. The Kier molecular flexibility index (Phi) is 7.25. The van der Waals surface area contributed by atoms with Crippen molar-refractivity contribution in [3.8, 4) is 5.82 Å². The Bertz CT molecular complexity index is 1570. The van der Waals surface area contributed by atoms with Crippen LogP contribution in [0.4, 0.5) is 18.9 Å². The summed E-state index contributed by atoms with van der Waals surface area (Å²) in [5.41, 5.74) is -2.44. The molecule has 202 valence electrons. The van der Waals surface area contributed by atoms with Gasteiger partial charge >= 0.3 is 6.18 Å². The number of rotatable bonds is 6. The molecule has 1 aromatic carbocycles. The highest BCUT2D eigenvalue weighted by Crippen LogP contribution is 2.36. The van der Waals surface area contributed by atoms with E-state index >= 15 is 0 Å². The Labute approximate surface area is 225 Å². The van der Waals surface area contributed by atoms with E-state index in [-0.39, 0.29) is 27.1 Å². The predicted octanol–water partition coefficient (Wildman–Crippen LogP) is 4.01. The van der Waals surface area contributed by atoms with Gasteiger partial charge in [-0.05, 0) is 49.6 Å². The highest BCUT2D eigenvalue weighted by Gasteiger charge is 2.44. The molecule has 0 aliphatic heterocycles. The molecular formula is C23H21Cl2F3N6O3S. The fourth-order valence-electron chi connectivity index (χ4n) is 3.79. The quantitative estimate of drug-likeness (QED) is 0.374. The predicted molar refractivity (Wildman–Crippen MR) is 139 cm³/mol. The Balaban J connectivity index is 1.74. The molecule has 2 amide bonds. The number of carbonyl (C=O) groups excluding carboxylic acids is 2. The van der Waals surface area contributed by atoms with Crippen LogP contribution < -0.4 is 15.8 Å². The average molecular weight is 589 g/mol. The lowest BCUT2D eigenvalue weighted by atomic mass is 10.1. The molecule has 0 saturated heterocycles. The molecule has 0 spiro atoms. The number of aryl methyl sites for hydroxylation is 1. The minimum absolute atomic E-state index is 0.00565. The van der Waals surface area contributed by atoms with Crippen LogP contribution in [-0.2, 0) is 15.9 Å². The van der Waals surface area contributed by atoms with Crippen LogP contribution >= 0.6 is 23.2 Å². The first-order chi connectivity index (χ1) is 17.6. The van der Waals surface area contributed by atoms with E-state index < -0.39 is 44.6 Å². The third-order valence-electron chi connectivity index (χ3n) is 5.57. The van der Waals surface area contributed by atoms with Crippen molar-refractivity contribution in [3.05, 3.63) is 69.1 Å². The summed E-state index contributed by atoms with van der Waals surface area (Å²) in [7, 11) is -2.78. The third-order valence-corrected chi connectivity index (χ3v) is 7.00. The smallest absolute Gasteiger partial charge is 0.342 e. The fraction of sp³-hybridized carbons (Fsp3) is 0.261. The van der Waals surface area contributed by atoms with Gasteiger partial charge < -0.3 is 10.6 Å². The maximum atomic E-state index is 13.5. The molecule has 2 heterocycles. The number of nitrogens with one attached hydrogen (secondary N) is 2. The van der Waals surface area contributed by atoms with Gasteiger partial charge in [0, 0.05) is 38.6 Å². The van der Waals surface area contributed by atoms with E-state index in [1.54, 1.807) is 6.92 Å². The molecule has 1 saturated carbocycles. The van der Waals surface area contributed by atoms with Gasteiger partial charge in [0.25, 0.3) is 11.8 Å². The first kappa shape index (κ1) is 27.9. The summed E-state index contributed by atoms with van der Waals surface area (Å²) in [5, 5.41) is 15.9. The van der Waals surface area contributed by atoms with Gasteiger partial charge in [0.05, 0.1) is 21.8 Å². The van der Waals surface area contributed by atoms with E-state index in [0.29, 0.717) is 29.2 Å². The Morgan fingerprint density at radius 3 is 2.47 bits per heavy atom. The van der Waals surface area contributed by atoms with E-state index in [1.165, 1.54) is 42.1 Å². The third kappa shape index (κ3) is 6.12. The molecule has 0 radical (unpaired) electrons. The van der Waals surface area contributed by atoms with E-state index in [1.807, 2.05) is 0 Å². The molecule has 4 N–H and O–H groups in total. The van der Waals surface area contributed by atoms with Gasteiger partial charge in [-0.2, -0.15) is 18.3 Å². The summed E-state index contributed by atoms with van der Waals surface area (Å²) in [5.74, 6) is -1.86. The molecule has 2 aromatic heterocycles. The van der Waals surface area contributed by atoms with Gasteiger partial charge in [0.2, 0.25) is 0 Å². The molecule has 38 heavy (non-hydrogen) atoms. The molecule has 15 heteroatoms. The number of hydrogen-bond donors (Lipinski definition) is 3. The van der Waals surface area contributed by atoms with Crippen LogP contribution in [0.15, 0.2) is 36.5 Å². The highest BCUT2D eigenvalue weighted by molar-refractivity contribution is 7.98. The zero-order chi connectivity index (χ0) is 28.0. The van der Waals surface area contributed by atoms with E-state index in [9.17, 15) is 27.0 Å². The number of aromatic nitrogens is 3. The van der Waals surface area contributed by atoms with Crippen LogP contribution in [0.2, 0.25) is 10.0 Å². The van der Waals surface area contributed by atoms with Crippen molar-refractivity contribution in [3.63, 3.8) is 0 Å². The number of hydrogen-bond acceptors (Lipinski definition) is 5. The molecule has 1 aliphatic rings. The fourth-order valence-corrected chi connectivity index (χ4v) is 5.45. The highest BCUT2D eigenvalue weighted by atomic mass is 35.5. The lowest BCUT2D eigenvalue weighted by Crippen LogP contribution is -2.41. The number of carbonyl (C=O) groups is 2. The topological polar surface area (TPSA) is 132 Å². The number of pyridine rings is 1. The molecular weight excluding hydrogens is 568 g/mol. The summed E-state index contributed by atoms with van der Waals surface area (Å²) in [4.78, 5) is 30.5. The second kappa shape index (κ2) is 9.88. The van der Waals surface area contributed by atoms with E-state index in [4.69, 9.17) is 28.3 Å². The lowest BCUT2D eigenvalue weighted by molar-refractivity contribution is -0.141. The van der Waals surface area contributed by atoms with E-state index in [2.05, 4.69) is 20.7 Å². The first-order valence-corrected chi connectivity index (χ1v) is 13.8. The van der Waals surface area contributed by atoms with Crippen LogP contribution in [0.3, 0.4) is 0 Å². The van der Waals surface area contributed by atoms with Gasteiger partial charge in [-0.3, -0.25) is 18.9 Å². The number of benzene rings is 1. The second-order valence-corrected chi connectivity index (χ2v) is 11.9. The normalized spacial score (nSPS) is 15.9. The van der Waals surface area contributed by atoms with Crippen LogP contribution in [-0.4, -0.2) is 47.9 Å². The average Bonchev–Trinajstić information content (AvgIpc) is 3.35. The van der Waals surface area contributed by atoms with Gasteiger partial charge in [-0.25, -0.2) is 9.67 Å². The van der Waals surface area contributed by atoms with Gasteiger partial charge in [0.1, 0.15) is 5.69 Å². The first-order valence-electron chi connectivity index (χ1n) is 10.9. The van der Waals surface area contributed by atoms with Crippen molar-refractivity contribution in [2.24, 2.45) is 5.14 Å². The van der Waals surface area contributed by atoms with Gasteiger partial charge in [-0.15, -0.1) is 0 Å². The standard InChI is InChI=1S/C23H21Cl2F3N6O3S/c1-12-8-13(24)9-14(20(35)32-22(5-6-22)11-38(2,29)37)18(12)31-21(36)16-10-17(23(26,27)28)33-34(16)19-15(25)4-3-7-30-19/h3-4,7-11H,5-6H2,1-2H3,(H2,29,37)(H,31,36)(H,32,35). The minimum atomic E-state index is -4.86.